The minimum absolute atomic E-state index is 0.384. The van der Waals surface area contributed by atoms with Crippen molar-refractivity contribution in [2.45, 2.75) is 20.0 Å². The minimum atomic E-state index is -1.01. The Balaban J connectivity index is 2.18. The summed E-state index contributed by atoms with van der Waals surface area (Å²) in [6.45, 7) is 4.57. The molecule has 7 nitrogen and oxygen atoms in total. The quantitative estimate of drug-likeness (QED) is 0.658. The van der Waals surface area contributed by atoms with E-state index in [0.717, 1.165) is 30.0 Å². The van der Waals surface area contributed by atoms with Gasteiger partial charge < -0.3 is 19.7 Å². The van der Waals surface area contributed by atoms with Crippen LogP contribution in [-0.4, -0.2) is 64.6 Å². The van der Waals surface area contributed by atoms with Crippen LogP contribution in [-0.2, 0) is 17.9 Å². The van der Waals surface area contributed by atoms with Crippen molar-refractivity contribution in [3.8, 4) is 5.75 Å². The summed E-state index contributed by atoms with van der Waals surface area (Å²) in [5.74, 6) is -0.479. The van der Waals surface area contributed by atoms with Gasteiger partial charge in [0.05, 0.1) is 12.0 Å². The molecule has 0 saturated carbocycles. The molecule has 1 aromatic heterocycles. The minimum Gasteiger partial charge on any atom is -0.482 e. The summed E-state index contributed by atoms with van der Waals surface area (Å²) in [7, 11) is 4.05. The van der Waals surface area contributed by atoms with E-state index in [1.54, 1.807) is 18.5 Å². The van der Waals surface area contributed by atoms with Crippen LogP contribution in [0.25, 0.3) is 0 Å². The number of nitrogens with one attached hydrogen (secondary N) is 1. The number of aromatic nitrogens is 2. The zero-order chi connectivity index (χ0) is 19.1. The van der Waals surface area contributed by atoms with Gasteiger partial charge in [0.15, 0.2) is 6.61 Å². The Morgan fingerprint density at radius 1 is 1.31 bits per heavy atom. The van der Waals surface area contributed by atoms with E-state index < -0.39 is 5.97 Å². The summed E-state index contributed by atoms with van der Waals surface area (Å²) < 4.78 is 5.42. The highest BCUT2D eigenvalue weighted by Crippen LogP contribution is 2.25. The molecule has 0 bridgehead atoms. The number of hydrogen-bond acceptors (Lipinski definition) is 5. The summed E-state index contributed by atoms with van der Waals surface area (Å²) in [6, 6.07) is 5.23. The fourth-order valence-corrected chi connectivity index (χ4v) is 2.70. The van der Waals surface area contributed by atoms with Gasteiger partial charge in [-0.1, -0.05) is 11.6 Å². The van der Waals surface area contributed by atoms with Gasteiger partial charge in [0.25, 0.3) is 0 Å². The third-order valence-corrected chi connectivity index (χ3v) is 4.17. The third kappa shape index (κ3) is 6.33. The van der Waals surface area contributed by atoms with Crippen molar-refractivity contribution in [2.75, 3.05) is 33.8 Å². The number of aliphatic carboxylic acids is 1. The van der Waals surface area contributed by atoms with Gasteiger partial charge >= 0.3 is 5.97 Å². The van der Waals surface area contributed by atoms with Gasteiger partial charge in [0.1, 0.15) is 5.75 Å². The molecule has 0 spiro atoms. The van der Waals surface area contributed by atoms with Crippen molar-refractivity contribution in [2.24, 2.45) is 0 Å². The highest BCUT2D eigenvalue weighted by molar-refractivity contribution is 6.30. The number of carboxylic acid groups (broad SMARTS) is 1. The molecule has 1 heterocycles. The Labute approximate surface area is 158 Å². The molecule has 0 fully saturated rings. The molecule has 2 rings (SSSR count). The maximum atomic E-state index is 10.8. The molecule has 0 aliphatic rings. The van der Waals surface area contributed by atoms with Crippen LogP contribution in [0.3, 0.4) is 0 Å². The fourth-order valence-electron chi connectivity index (χ4n) is 2.51. The number of aromatic amines is 1. The number of hydrogen-bond donors (Lipinski definition) is 2. The second-order valence-corrected chi connectivity index (χ2v) is 6.86. The monoisotopic (exact) mass is 380 g/mol. The summed E-state index contributed by atoms with van der Waals surface area (Å²) in [6.07, 6.45) is 1.69. The highest BCUT2D eigenvalue weighted by atomic mass is 35.5. The summed E-state index contributed by atoms with van der Waals surface area (Å²) in [4.78, 5) is 22.6. The van der Waals surface area contributed by atoms with Gasteiger partial charge in [0.2, 0.25) is 0 Å². The van der Waals surface area contributed by atoms with E-state index in [1.165, 1.54) is 0 Å². The Hall–Kier alpha value is -2.09. The number of likely N-dealkylation sites (N-methyl/N-ethyl adjacent to an activating group) is 1. The molecule has 8 heteroatoms. The third-order valence-electron chi connectivity index (χ3n) is 3.94. The van der Waals surface area contributed by atoms with Gasteiger partial charge in [-0.15, -0.1) is 0 Å². The van der Waals surface area contributed by atoms with Crippen LogP contribution >= 0.6 is 11.6 Å². The number of aryl methyl sites for hydroxylation is 1. The maximum Gasteiger partial charge on any atom is 0.341 e. The van der Waals surface area contributed by atoms with E-state index >= 15 is 0 Å². The predicted molar refractivity (Wildman–Crippen MR) is 101 cm³/mol. The van der Waals surface area contributed by atoms with Gasteiger partial charge in [-0.3, -0.25) is 4.90 Å². The highest BCUT2D eigenvalue weighted by Gasteiger charge is 2.15. The van der Waals surface area contributed by atoms with Gasteiger partial charge in [0, 0.05) is 42.5 Å². The van der Waals surface area contributed by atoms with Crippen LogP contribution in [0.5, 0.6) is 5.75 Å². The number of carbonyl (C=O) groups is 1. The van der Waals surface area contributed by atoms with E-state index in [2.05, 4.69) is 19.8 Å². The first kappa shape index (κ1) is 20.2. The Bertz CT molecular complexity index is 733. The molecule has 2 aromatic rings. The predicted octanol–water partition coefficient (Wildman–Crippen LogP) is 2.40. The average molecular weight is 381 g/mol. The molecule has 0 saturated heterocycles. The van der Waals surface area contributed by atoms with Crippen molar-refractivity contribution >= 4 is 17.6 Å². The summed E-state index contributed by atoms with van der Waals surface area (Å²) in [5, 5.41) is 9.46. The standard InChI is InChI=1S/C18H25ClN4O3/c1-13-16(21-12-20-13)10-23(7-6-22(2)3)9-14-8-15(19)4-5-17(14)26-11-18(24)25/h4-5,8,12H,6-7,9-11H2,1-3H3,(H,20,21)(H,24,25). The normalized spacial score (nSPS) is 11.3. The Morgan fingerprint density at radius 2 is 2.08 bits per heavy atom. The van der Waals surface area contributed by atoms with Gasteiger partial charge in [-0.2, -0.15) is 0 Å². The molecule has 26 heavy (non-hydrogen) atoms. The molecule has 0 unspecified atom stereocenters. The molecule has 0 aliphatic carbocycles. The number of ether oxygens (including phenoxy) is 1. The van der Waals surface area contributed by atoms with Crippen molar-refractivity contribution in [3.05, 3.63) is 46.5 Å². The number of imidazole rings is 1. The van der Waals surface area contributed by atoms with Crippen molar-refractivity contribution in [1.82, 2.24) is 19.8 Å². The number of halogens is 1. The van der Waals surface area contributed by atoms with Crippen molar-refractivity contribution in [3.63, 3.8) is 0 Å². The average Bonchev–Trinajstić information content (AvgIpc) is 2.96. The summed E-state index contributed by atoms with van der Waals surface area (Å²) in [5.41, 5.74) is 2.87. The van der Waals surface area contributed by atoms with Crippen LogP contribution in [0.4, 0.5) is 0 Å². The molecular formula is C18H25ClN4O3. The lowest BCUT2D eigenvalue weighted by Crippen LogP contribution is -2.31. The number of H-pyrrole nitrogens is 1. The van der Waals surface area contributed by atoms with Crippen LogP contribution in [0, 0.1) is 6.92 Å². The lowest BCUT2D eigenvalue weighted by atomic mass is 10.1. The summed E-state index contributed by atoms with van der Waals surface area (Å²) >= 11 is 6.14. The Kier molecular flexibility index (Phi) is 7.44. The fraction of sp³-hybridized carbons (Fsp3) is 0.444. The molecule has 0 amide bonds. The number of carboxylic acids is 1. The lowest BCUT2D eigenvalue weighted by molar-refractivity contribution is -0.139. The first-order valence-corrected chi connectivity index (χ1v) is 8.72. The van der Waals surface area contributed by atoms with Crippen molar-refractivity contribution in [1.29, 1.82) is 0 Å². The van der Waals surface area contributed by atoms with Gasteiger partial charge in [-0.25, -0.2) is 9.78 Å². The van der Waals surface area contributed by atoms with Gasteiger partial charge in [-0.05, 0) is 39.2 Å². The molecule has 142 valence electrons. The van der Waals surface area contributed by atoms with E-state index in [4.69, 9.17) is 21.4 Å². The van der Waals surface area contributed by atoms with Crippen LogP contribution in [0.1, 0.15) is 17.0 Å². The topological polar surface area (TPSA) is 81.7 Å². The van der Waals surface area contributed by atoms with E-state index in [1.807, 2.05) is 27.1 Å². The SMILES string of the molecule is Cc1[nH]cnc1CN(CCN(C)C)Cc1cc(Cl)ccc1OCC(=O)O. The second-order valence-electron chi connectivity index (χ2n) is 6.42. The molecular weight excluding hydrogens is 356 g/mol. The zero-order valence-electron chi connectivity index (χ0n) is 15.3. The lowest BCUT2D eigenvalue weighted by Gasteiger charge is -2.25. The molecule has 1 aromatic carbocycles. The Morgan fingerprint density at radius 3 is 2.69 bits per heavy atom. The van der Waals surface area contributed by atoms with E-state index in [9.17, 15) is 4.79 Å². The molecule has 0 aliphatic heterocycles. The van der Waals surface area contributed by atoms with E-state index in [-0.39, 0.29) is 6.61 Å². The number of nitrogens with zero attached hydrogens (tertiary/aromatic N) is 3. The van der Waals surface area contributed by atoms with Crippen molar-refractivity contribution < 1.29 is 14.6 Å². The maximum absolute atomic E-state index is 10.8. The molecule has 2 N–H and O–H groups in total. The first-order chi connectivity index (χ1) is 12.3. The smallest absolute Gasteiger partial charge is 0.341 e. The largest absolute Gasteiger partial charge is 0.482 e. The van der Waals surface area contributed by atoms with E-state index in [0.29, 0.717) is 23.9 Å². The van der Waals surface area contributed by atoms with Crippen LogP contribution in [0.2, 0.25) is 5.02 Å². The van der Waals surface area contributed by atoms with Crippen LogP contribution < -0.4 is 4.74 Å². The molecule has 0 radical (unpaired) electrons. The zero-order valence-corrected chi connectivity index (χ0v) is 16.1. The number of benzene rings is 1. The number of rotatable bonds is 10. The molecule has 0 atom stereocenters. The van der Waals surface area contributed by atoms with Crippen LogP contribution in [0.15, 0.2) is 24.5 Å². The second kappa shape index (κ2) is 9.56. The first-order valence-electron chi connectivity index (χ1n) is 8.34.